The van der Waals surface area contributed by atoms with Crippen LogP contribution in [0, 0.1) is 0 Å². The number of hydrogen-bond donors (Lipinski definition) is 0. The van der Waals surface area contributed by atoms with Gasteiger partial charge in [-0.3, -0.25) is 4.79 Å². The van der Waals surface area contributed by atoms with E-state index in [1.165, 1.54) is 5.39 Å². The van der Waals surface area contributed by atoms with Gasteiger partial charge in [-0.1, -0.05) is 30.3 Å². The van der Waals surface area contributed by atoms with Crippen molar-refractivity contribution in [2.75, 3.05) is 6.61 Å². The highest BCUT2D eigenvalue weighted by Gasteiger charge is 2.34. The average Bonchev–Trinajstić information content (AvgIpc) is 3.29. The molecule has 21 heavy (non-hydrogen) atoms. The zero-order valence-corrected chi connectivity index (χ0v) is 12.6. The molecule has 0 heterocycles. The van der Waals surface area contributed by atoms with Crippen LogP contribution in [0.1, 0.15) is 26.7 Å². The first-order valence-corrected chi connectivity index (χ1v) is 7.58. The lowest BCUT2D eigenvalue weighted by atomic mass is 10.1. The highest BCUT2D eigenvalue weighted by atomic mass is 16.5. The van der Waals surface area contributed by atoms with Crippen LogP contribution in [-0.2, 0) is 4.79 Å². The smallest absolute Gasteiger partial charge is 0.260 e. The Morgan fingerprint density at radius 1 is 1.19 bits per heavy atom. The van der Waals surface area contributed by atoms with Gasteiger partial charge in [-0.25, -0.2) is 0 Å². The Labute approximate surface area is 125 Å². The molecule has 1 amide bonds. The number of hydrogen-bond acceptors (Lipinski definition) is 2. The van der Waals surface area contributed by atoms with Gasteiger partial charge in [-0.2, -0.15) is 0 Å². The molecule has 3 rings (SSSR count). The monoisotopic (exact) mass is 283 g/mol. The number of benzene rings is 2. The molecule has 0 aromatic heterocycles. The Bertz CT molecular complexity index is 644. The fourth-order valence-corrected chi connectivity index (χ4v) is 2.74. The van der Waals surface area contributed by atoms with Crippen molar-refractivity contribution in [2.45, 2.75) is 38.8 Å². The van der Waals surface area contributed by atoms with E-state index in [1.54, 1.807) is 0 Å². The van der Waals surface area contributed by atoms with Gasteiger partial charge in [0.05, 0.1) is 0 Å². The highest BCUT2D eigenvalue weighted by molar-refractivity contribution is 5.84. The van der Waals surface area contributed by atoms with Crippen molar-refractivity contribution in [2.24, 2.45) is 0 Å². The Hall–Kier alpha value is -2.03. The second-order valence-corrected chi connectivity index (χ2v) is 5.92. The van der Waals surface area contributed by atoms with Gasteiger partial charge >= 0.3 is 0 Å². The minimum atomic E-state index is 0.0839. The summed E-state index contributed by atoms with van der Waals surface area (Å²) in [7, 11) is 0. The third kappa shape index (κ3) is 3.18. The van der Waals surface area contributed by atoms with Gasteiger partial charge in [0.1, 0.15) is 5.75 Å². The van der Waals surface area contributed by atoms with Crippen LogP contribution in [0.2, 0.25) is 0 Å². The van der Waals surface area contributed by atoms with Gasteiger partial charge in [0.2, 0.25) is 0 Å². The van der Waals surface area contributed by atoms with Crippen LogP contribution in [-0.4, -0.2) is 29.5 Å². The molecule has 0 aliphatic heterocycles. The first-order chi connectivity index (χ1) is 10.1. The Kier molecular flexibility index (Phi) is 3.82. The number of fused-ring (bicyclic) bond motifs is 1. The lowest BCUT2D eigenvalue weighted by Crippen LogP contribution is -2.41. The lowest BCUT2D eigenvalue weighted by Gasteiger charge is -2.26. The summed E-state index contributed by atoms with van der Waals surface area (Å²) in [5, 5.41) is 2.31. The van der Waals surface area contributed by atoms with Crippen molar-refractivity contribution in [1.82, 2.24) is 4.90 Å². The van der Waals surface area contributed by atoms with Crippen molar-refractivity contribution in [1.29, 1.82) is 0 Å². The topological polar surface area (TPSA) is 29.5 Å². The van der Waals surface area contributed by atoms with E-state index in [0.717, 1.165) is 24.0 Å². The Balaban J connectivity index is 1.66. The summed E-state index contributed by atoms with van der Waals surface area (Å²) < 4.78 is 5.69. The largest absolute Gasteiger partial charge is 0.484 e. The van der Waals surface area contributed by atoms with Crippen LogP contribution in [0.25, 0.3) is 10.8 Å². The van der Waals surface area contributed by atoms with Gasteiger partial charge in [0.25, 0.3) is 5.91 Å². The van der Waals surface area contributed by atoms with Gasteiger partial charge in [-0.05, 0) is 49.6 Å². The minimum Gasteiger partial charge on any atom is -0.484 e. The summed E-state index contributed by atoms with van der Waals surface area (Å²) in [6.45, 7) is 4.24. The fraction of sp³-hybridized carbons (Fsp3) is 0.389. The summed E-state index contributed by atoms with van der Waals surface area (Å²) in [6, 6.07) is 14.7. The van der Waals surface area contributed by atoms with Crippen LogP contribution in [0.15, 0.2) is 42.5 Å². The van der Waals surface area contributed by atoms with E-state index in [1.807, 2.05) is 35.2 Å². The molecule has 0 bridgehead atoms. The van der Waals surface area contributed by atoms with Crippen LogP contribution < -0.4 is 4.74 Å². The third-order valence-corrected chi connectivity index (χ3v) is 3.87. The summed E-state index contributed by atoms with van der Waals surface area (Å²) in [5.41, 5.74) is 0. The van der Waals surface area contributed by atoms with E-state index >= 15 is 0 Å². The molecule has 2 aromatic carbocycles. The molecule has 0 spiro atoms. The van der Waals surface area contributed by atoms with Crippen molar-refractivity contribution >= 4 is 16.7 Å². The van der Waals surface area contributed by atoms with Crippen LogP contribution >= 0.6 is 0 Å². The zero-order valence-electron chi connectivity index (χ0n) is 12.6. The SMILES string of the molecule is CC(C)N(C(=O)COc1ccc2ccccc2c1)C1CC1. The van der Waals surface area contributed by atoms with E-state index in [4.69, 9.17) is 4.74 Å². The summed E-state index contributed by atoms with van der Waals surface area (Å²) in [4.78, 5) is 14.3. The number of rotatable bonds is 5. The second-order valence-electron chi connectivity index (χ2n) is 5.92. The number of ether oxygens (including phenoxy) is 1. The van der Waals surface area contributed by atoms with E-state index in [9.17, 15) is 4.79 Å². The fourth-order valence-electron chi connectivity index (χ4n) is 2.74. The van der Waals surface area contributed by atoms with Crippen molar-refractivity contribution in [3.63, 3.8) is 0 Å². The standard InChI is InChI=1S/C18H21NO2/c1-13(2)19(16-8-9-16)18(20)12-21-17-10-7-14-5-3-4-6-15(14)11-17/h3-7,10-11,13,16H,8-9,12H2,1-2H3. The second kappa shape index (κ2) is 5.76. The molecule has 1 saturated carbocycles. The van der Waals surface area contributed by atoms with Crippen LogP contribution in [0.5, 0.6) is 5.75 Å². The molecule has 1 fully saturated rings. The molecule has 1 aliphatic rings. The molecule has 2 aromatic rings. The lowest BCUT2D eigenvalue weighted by molar-refractivity contribution is -0.135. The van der Waals surface area contributed by atoms with E-state index in [0.29, 0.717) is 6.04 Å². The molecule has 0 radical (unpaired) electrons. The maximum atomic E-state index is 12.3. The molecule has 0 unspecified atom stereocenters. The van der Waals surface area contributed by atoms with Gasteiger partial charge in [0.15, 0.2) is 6.61 Å². The van der Waals surface area contributed by atoms with Gasteiger partial charge in [-0.15, -0.1) is 0 Å². The molecule has 0 N–H and O–H groups in total. The summed E-state index contributed by atoms with van der Waals surface area (Å²) in [5.74, 6) is 0.835. The molecular weight excluding hydrogens is 262 g/mol. The predicted molar refractivity (Wildman–Crippen MR) is 84.4 cm³/mol. The summed E-state index contributed by atoms with van der Waals surface area (Å²) >= 11 is 0. The van der Waals surface area contributed by atoms with Crippen molar-refractivity contribution in [3.05, 3.63) is 42.5 Å². The molecule has 0 atom stereocenters. The van der Waals surface area contributed by atoms with Gasteiger partial charge in [0, 0.05) is 12.1 Å². The predicted octanol–water partition coefficient (Wildman–Crippen LogP) is 3.62. The van der Waals surface area contributed by atoms with Crippen LogP contribution in [0.4, 0.5) is 0 Å². The van der Waals surface area contributed by atoms with E-state index in [2.05, 4.69) is 26.0 Å². The molecule has 0 saturated heterocycles. The Morgan fingerprint density at radius 2 is 1.90 bits per heavy atom. The molecule has 110 valence electrons. The summed E-state index contributed by atoms with van der Waals surface area (Å²) in [6.07, 6.45) is 2.25. The van der Waals surface area contributed by atoms with Crippen molar-refractivity contribution in [3.8, 4) is 5.75 Å². The quantitative estimate of drug-likeness (QED) is 0.839. The molecule has 1 aliphatic carbocycles. The number of amides is 1. The first kappa shape index (κ1) is 13.9. The molecule has 3 heteroatoms. The normalized spacial score (nSPS) is 14.4. The number of nitrogens with zero attached hydrogens (tertiary/aromatic N) is 1. The Morgan fingerprint density at radius 3 is 2.57 bits per heavy atom. The number of carbonyl (C=O) groups is 1. The van der Waals surface area contributed by atoms with E-state index < -0.39 is 0 Å². The molecule has 3 nitrogen and oxygen atoms in total. The van der Waals surface area contributed by atoms with E-state index in [-0.39, 0.29) is 18.6 Å². The molecular formula is C18H21NO2. The average molecular weight is 283 g/mol. The van der Waals surface area contributed by atoms with Crippen LogP contribution in [0.3, 0.4) is 0 Å². The van der Waals surface area contributed by atoms with Gasteiger partial charge < -0.3 is 9.64 Å². The maximum absolute atomic E-state index is 12.3. The zero-order chi connectivity index (χ0) is 14.8. The number of carbonyl (C=O) groups excluding carboxylic acids is 1. The third-order valence-electron chi connectivity index (χ3n) is 3.87. The highest BCUT2D eigenvalue weighted by Crippen LogP contribution is 2.29. The minimum absolute atomic E-state index is 0.0839. The maximum Gasteiger partial charge on any atom is 0.260 e. The first-order valence-electron chi connectivity index (χ1n) is 7.58. The van der Waals surface area contributed by atoms with Crippen molar-refractivity contribution < 1.29 is 9.53 Å².